The third-order valence-corrected chi connectivity index (χ3v) is 2.65. The van der Waals surface area contributed by atoms with Gasteiger partial charge in [0.2, 0.25) is 0 Å². The van der Waals surface area contributed by atoms with Crippen molar-refractivity contribution in [2.75, 3.05) is 5.32 Å². The average molecular weight is 280 g/mol. The van der Waals surface area contributed by atoms with Crippen LogP contribution in [-0.4, -0.2) is 26.8 Å². The highest BCUT2D eigenvalue weighted by Gasteiger charge is 2.16. The first-order chi connectivity index (χ1) is 8.97. The molecule has 98 valence electrons. The molecular formula is C12H10ClN3O3. The molecule has 1 heterocycles. The molecule has 0 aliphatic heterocycles. The molecule has 19 heavy (non-hydrogen) atoms. The molecule has 0 fully saturated rings. The van der Waals surface area contributed by atoms with E-state index in [0.29, 0.717) is 10.7 Å². The highest BCUT2D eigenvalue weighted by Crippen LogP contribution is 2.16. The van der Waals surface area contributed by atoms with E-state index in [4.69, 9.17) is 16.7 Å². The van der Waals surface area contributed by atoms with E-state index < -0.39 is 11.9 Å². The number of hydrogen-bond donors (Lipinski definition) is 2. The molecule has 0 spiro atoms. The fraction of sp³-hybridized carbons (Fsp3) is 0.0833. The number of rotatable bonds is 3. The number of carboxylic acid groups (broad SMARTS) is 1. The summed E-state index contributed by atoms with van der Waals surface area (Å²) in [5, 5.41) is 15.6. The molecule has 7 heteroatoms. The predicted molar refractivity (Wildman–Crippen MR) is 69.6 cm³/mol. The van der Waals surface area contributed by atoms with Crippen LogP contribution in [0.2, 0.25) is 5.02 Å². The number of nitrogens with one attached hydrogen (secondary N) is 1. The van der Waals surface area contributed by atoms with Gasteiger partial charge in [0.05, 0.1) is 0 Å². The minimum absolute atomic E-state index is 0.150. The molecule has 0 aliphatic carbocycles. The van der Waals surface area contributed by atoms with E-state index in [1.54, 1.807) is 24.3 Å². The van der Waals surface area contributed by atoms with Crippen LogP contribution in [0.5, 0.6) is 0 Å². The van der Waals surface area contributed by atoms with Crippen LogP contribution in [0.4, 0.5) is 5.69 Å². The fourth-order valence-corrected chi connectivity index (χ4v) is 1.74. The molecular weight excluding hydrogens is 270 g/mol. The second-order valence-electron chi connectivity index (χ2n) is 3.81. The Morgan fingerprint density at radius 1 is 1.37 bits per heavy atom. The lowest BCUT2D eigenvalue weighted by Gasteiger charge is -2.05. The standard InChI is InChI=1S/C12H10ClN3O3/c1-16-10(6-9(15-16)12(18)19)11(17)14-8-4-2-3-7(13)5-8/h2-6H,1H3,(H,14,17)(H,18,19). The van der Waals surface area contributed by atoms with Crippen LogP contribution in [0.25, 0.3) is 0 Å². The SMILES string of the molecule is Cn1nc(C(=O)O)cc1C(=O)Nc1cccc(Cl)c1. The zero-order valence-electron chi connectivity index (χ0n) is 9.92. The Balaban J connectivity index is 2.23. The van der Waals surface area contributed by atoms with Crippen molar-refractivity contribution >= 4 is 29.2 Å². The minimum atomic E-state index is -1.18. The summed E-state index contributed by atoms with van der Waals surface area (Å²) in [5.74, 6) is -1.64. The Morgan fingerprint density at radius 3 is 2.68 bits per heavy atom. The molecule has 1 aromatic carbocycles. The van der Waals surface area contributed by atoms with Crippen LogP contribution in [0.3, 0.4) is 0 Å². The van der Waals surface area contributed by atoms with Gasteiger partial charge in [-0.1, -0.05) is 17.7 Å². The number of nitrogens with zero attached hydrogens (tertiary/aromatic N) is 2. The zero-order chi connectivity index (χ0) is 14.0. The maximum absolute atomic E-state index is 12.0. The molecule has 2 N–H and O–H groups in total. The number of carbonyl (C=O) groups excluding carboxylic acids is 1. The molecule has 1 amide bonds. The highest BCUT2D eigenvalue weighted by atomic mass is 35.5. The van der Waals surface area contributed by atoms with Crippen LogP contribution < -0.4 is 5.32 Å². The van der Waals surface area contributed by atoms with E-state index in [2.05, 4.69) is 10.4 Å². The normalized spacial score (nSPS) is 10.2. The van der Waals surface area contributed by atoms with E-state index in [1.807, 2.05) is 0 Å². The molecule has 2 aromatic rings. The van der Waals surface area contributed by atoms with Crippen LogP contribution in [0, 0.1) is 0 Å². The van der Waals surface area contributed by atoms with Crippen molar-refractivity contribution in [3.05, 3.63) is 46.7 Å². The summed E-state index contributed by atoms with van der Waals surface area (Å²) in [6.45, 7) is 0. The Labute approximate surface area is 113 Å². The summed E-state index contributed by atoms with van der Waals surface area (Å²) in [6, 6.07) is 7.86. The molecule has 0 saturated heterocycles. The maximum atomic E-state index is 12.0. The van der Waals surface area contributed by atoms with E-state index in [0.717, 1.165) is 0 Å². The quantitative estimate of drug-likeness (QED) is 0.900. The summed E-state index contributed by atoms with van der Waals surface area (Å²) in [5.41, 5.74) is 0.492. The first kappa shape index (κ1) is 13.1. The van der Waals surface area contributed by atoms with Crippen molar-refractivity contribution in [1.82, 2.24) is 9.78 Å². The minimum Gasteiger partial charge on any atom is -0.476 e. The van der Waals surface area contributed by atoms with Gasteiger partial charge in [-0.15, -0.1) is 0 Å². The van der Waals surface area contributed by atoms with Crippen molar-refractivity contribution < 1.29 is 14.7 Å². The van der Waals surface area contributed by atoms with Crippen LogP contribution in [-0.2, 0) is 7.05 Å². The smallest absolute Gasteiger partial charge is 0.356 e. The fourth-order valence-electron chi connectivity index (χ4n) is 1.55. The van der Waals surface area contributed by atoms with E-state index >= 15 is 0 Å². The number of aromatic nitrogens is 2. The van der Waals surface area contributed by atoms with Gasteiger partial charge in [0.15, 0.2) is 5.69 Å². The van der Waals surface area contributed by atoms with Gasteiger partial charge < -0.3 is 10.4 Å². The van der Waals surface area contributed by atoms with Gasteiger partial charge in [-0.05, 0) is 18.2 Å². The number of benzene rings is 1. The Kier molecular flexibility index (Phi) is 3.52. The number of carbonyl (C=O) groups is 2. The van der Waals surface area contributed by atoms with Gasteiger partial charge in [0.25, 0.3) is 5.91 Å². The molecule has 1 aromatic heterocycles. The monoisotopic (exact) mass is 279 g/mol. The number of amides is 1. The summed E-state index contributed by atoms with van der Waals surface area (Å²) in [4.78, 5) is 22.7. The Hall–Kier alpha value is -2.34. The summed E-state index contributed by atoms with van der Waals surface area (Å²) in [6.07, 6.45) is 0. The third kappa shape index (κ3) is 2.92. The van der Waals surface area contributed by atoms with Gasteiger partial charge in [-0.25, -0.2) is 4.79 Å². The van der Waals surface area contributed by atoms with Gasteiger partial charge in [-0.3, -0.25) is 9.48 Å². The van der Waals surface area contributed by atoms with Gasteiger partial charge in [0, 0.05) is 23.8 Å². The van der Waals surface area contributed by atoms with Gasteiger partial charge >= 0.3 is 5.97 Å². The first-order valence-electron chi connectivity index (χ1n) is 5.31. The van der Waals surface area contributed by atoms with Crippen molar-refractivity contribution in [3.63, 3.8) is 0 Å². The number of aryl methyl sites for hydroxylation is 1. The van der Waals surface area contributed by atoms with Gasteiger partial charge in [0.1, 0.15) is 5.69 Å². The maximum Gasteiger partial charge on any atom is 0.356 e. The van der Waals surface area contributed by atoms with Crippen LogP contribution in [0.1, 0.15) is 21.0 Å². The second kappa shape index (κ2) is 5.11. The molecule has 2 rings (SSSR count). The Bertz CT molecular complexity index is 651. The summed E-state index contributed by atoms with van der Waals surface area (Å²) < 4.78 is 1.21. The lowest BCUT2D eigenvalue weighted by Crippen LogP contribution is -2.15. The number of aromatic carboxylic acids is 1. The highest BCUT2D eigenvalue weighted by molar-refractivity contribution is 6.30. The van der Waals surface area contributed by atoms with E-state index in [-0.39, 0.29) is 11.4 Å². The average Bonchev–Trinajstić information content (AvgIpc) is 2.71. The number of hydrogen-bond acceptors (Lipinski definition) is 3. The topological polar surface area (TPSA) is 84.2 Å². The molecule has 0 radical (unpaired) electrons. The first-order valence-corrected chi connectivity index (χ1v) is 5.69. The lowest BCUT2D eigenvalue weighted by atomic mass is 10.3. The molecule has 0 atom stereocenters. The number of carboxylic acids is 1. The van der Waals surface area contributed by atoms with Crippen molar-refractivity contribution in [3.8, 4) is 0 Å². The van der Waals surface area contributed by atoms with Crippen LogP contribution >= 0.6 is 11.6 Å². The Morgan fingerprint density at radius 2 is 2.11 bits per heavy atom. The van der Waals surface area contributed by atoms with Crippen molar-refractivity contribution in [1.29, 1.82) is 0 Å². The van der Waals surface area contributed by atoms with E-state index in [9.17, 15) is 9.59 Å². The number of anilines is 1. The van der Waals surface area contributed by atoms with Crippen molar-refractivity contribution in [2.24, 2.45) is 7.05 Å². The largest absolute Gasteiger partial charge is 0.476 e. The molecule has 0 aliphatic rings. The summed E-state index contributed by atoms with van der Waals surface area (Å²) >= 11 is 5.80. The number of halogens is 1. The van der Waals surface area contributed by atoms with Crippen LogP contribution in [0.15, 0.2) is 30.3 Å². The van der Waals surface area contributed by atoms with Gasteiger partial charge in [-0.2, -0.15) is 5.10 Å². The molecule has 6 nitrogen and oxygen atoms in total. The molecule has 0 unspecified atom stereocenters. The third-order valence-electron chi connectivity index (χ3n) is 2.41. The predicted octanol–water partition coefficient (Wildman–Crippen LogP) is 2.02. The lowest BCUT2D eigenvalue weighted by molar-refractivity contribution is 0.0689. The summed E-state index contributed by atoms with van der Waals surface area (Å²) in [7, 11) is 1.50. The molecule has 0 saturated carbocycles. The zero-order valence-corrected chi connectivity index (χ0v) is 10.7. The second-order valence-corrected chi connectivity index (χ2v) is 4.24. The van der Waals surface area contributed by atoms with Crippen molar-refractivity contribution in [2.45, 2.75) is 0 Å². The van der Waals surface area contributed by atoms with E-state index in [1.165, 1.54) is 17.8 Å². The molecule has 0 bridgehead atoms.